The first-order valence-electron chi connectivity index (χ1n) is 8.31. The first kappa shape index (κ1) is 16.7. The molecule has 0 atom stereocenters. The van der Waals surface area contributed by atoms with Crippen LogP contribution in [-0.4, -0.2) is 18.6 Å². The molecule has 1 saturated carbocycles. The first-order valence-corrected chi connectivity index (χ1v) is 8.68. The van der Waals surface area contributed by atoms with Crippen LogP contribution in [0.5, 0.6) is 11.5 Å². The highest BCUT2D eigenvalue weighted by atomic mass is 35.5. The third-order valence-electron chi connectivity index (χ3n) is 4.59. The van der Waals surface area contributed by atoms with Crippen LogP contribution in [0, 0.1) is 5.41 Å². The normalized spacial score (nSPS) is 16.0. The number of ether oxygens (including phenoxy) is 2. The fourth-order valence-corrected chi connectivity index (χ4v) is 3.09. The molecular weight excluding hydrogens is 356 g/mol. The molecule has 0 spiro atoms. The summed E-state index contributed by atoms with van der Waals surface area (Å²) < 4.78 is 10.6. The SMILES string of the molecule is O=C(NCc1ccc2c(c1)OCO2)C1(C(=O)Nc2cccc(Cl)c2)CC1. The standard InChI is InChI=1S/C19H17ClN2O4/c20-13-2-1-3-14(9-13)22-18(24)19(6-7-19)17(23)21-10-12-4-5-15-16(8-12)26-11-25-15/h1-5,8-9H,6-7,10-11H2,(H,21,23)(H,22,24). The Morgan fingerprint density at radius 1 is 1.04 bits per heavy atom. The van der Waals surface area contributed by atoms with Crippen molar-refractivity contribution >= 4 is 29.1 Å². The lowest BCUT2D eigenvalue weighted by Crippen LogP contribution is -2.39. The summed E-state index contributed by atoms with van der Waals surface area (Å²) in [6, 6.07) is 12.4. The van der Waals surface area contributed by atoms with Gasteiger partial charge < -0.3 is 20.1 Å². The molecule has 2 aromatic carbocycles. The maximum atomic E-state index is 12.6. The summed E-state index contributed by atoms with van der Waals surface area (Å²) in [6.45, 7) is 0.527. The molecule has 1 aliphatic carbocycles. The van der Waals surface area contributed by atoms with Crippen molar-refractivity contribution in [1.82, 2.24) is 5.32 Å². The van der Waals surface area contributed by atoms with Crippen LogP contribution < -0.4 is 20.1 Å². The molecule has 0 radical (unpaired) electrons. The van der Waals surface area contributed by atoms with Crippen LogP contribution >= 0.6 is 11.6 Å². The van der Waals surface area contributed by atoms with E-state index in [0.29, 0.717) is 41.6 Å². The Labute approximate surface area is 155 Å². The zero-order chi connectivity index (χ0) is 18.1. The van der Waals surface area contributed by atoms with E-state index < -0.39 is 5.41 Å². The van der Waals surface area contributed by atoms with Crippen molar-refractivity contribution in [3.05, 3.63) is 53.1 Å². The summed E-state index contributed by atoms with van der Waals surface area (Å²) in [5, 5.41) is 6.15. The number of halogens is 1. The molecule has 2 amide bonds. The molecule has 0 unspecified atom stereocenters. The number of amides is 2. The number of anilines is 1. The molecule has 4 rings (SSSR count). The lowest BCUT2D eigenvalue weighted by atomic mass is 10.0. The van der Waals surface area contributed by atoms with Crippen LogP contribution in [0.2, 0.25) is 5.02 Å². The van der Waals surface area contributed by atoms with Gasteiger partial charge in [-0.25, -0.2) is 0 Å². The van der Waals surface area contributed by atoms with E-state index in [-0.39, 0.29) is 18.6 Å². The van der Waals surface area contributed by atoms with Crippen molar-refractivity contribution in [1.29, 1.82) is 0 Å². The van der Waals surface area contributed by atoms with Gasteiger partial charge in [-0.05, 0) is 48.7 Å². The molecular formula is C19H17ClN2O4. The molecule has 0 saturated heterocycles. The highest BCUT2D eigenvalue weighted by molar-refractivity contribution is 6.31. The minimum atomic E-state index is -1.00. The van der Waals surface area contributed by atoms with E-state index in [1.807, 2.05) is 18.2 Å². The summed E-state index contributed by atoms with van der Waals surface area (Å²) in [5.41, 5.74) is 0.463. The Morgan fingerprint density at radius 2 is 1.85 bits per heavy atom. The van der Waals surface area contributed by atoms with Gasteiger partial charge in [0.05, 0.1) is 0 Å². The van der Waals surface area contributed by atoms with Crippen LogP contribution in [0.1, 0.15) is 18.4 Å². The molecule has 1 aliphatic heterocycles. The molecule has 7 heteroatoms. The van der Waals surface area contributed by atoms with E-state index in [0.717, 1.165) is 5.56 Å². The molecule has 0 bridgehead atoms. The summed E-state index contributed by atoms with van der Waals surface area (Å²) in [4.78, 5) is 25.1. The topological polar surface area (TPSA) is 76.7 Å². The van der Waals surface area contributed by atoms with Crippen molar-refractivity contribution in [2.75, 3.05) is 12.1 Å². The Kier molecular flexibility index (Phi) is 4.20. The van der Waals surface area contributed by atoms with E-state index in [2.05, 4.69) is 10.6 Å². The van der Waals surface area contributed by atoms with E-state index in [4.69, 9.17) is 21.1 Å². The van der Waals surface area contributed by atoms with Crippen LogP contribution in [0.4, 0.5) is 5.69 Å². The number of carbonyl (C=O) groups is 2. The van der Waals surface area contributed by atoms with Crippen molar-refractivity contribution in [3.63, 3.8) is 0 Å². The van der Waals surface area contributed by atoms with Crippen LogP contribution in [0.3, 0.4) is 0 Å². The second kappa shape index (κ2) is 6.53. The maximum absolute atomic E-state index is 12.6. The van der Waals surface area contributed by atoms with E-state index in [1.165, 1.54) is 0 Å². The Morgan fingerprint density at radius 3 is 2.62 bits per heavy atom. The number of benzene rings is 2. The Balaban J connectivity index is 1.38. The van der Waals surface area contributed by atoms with Gasteiger partial charge >= 0.3 is 0 Å². The highest BCUT2D eigenvalue weighted by Gasteiger charge is 2.56. The van der Waals surface area contributed by atoms with Gasteiger partial charge in [0.25, 0.3) is 0 Å². The molecule has 2 aromatic rings. The fraction of sp³-hybridized carbons (Fsp3) is 0.263. The predicted octanol–water partition coefficient (Wildman–Crippen LogP) is 3.10. The number of fused-ring (bicyclic) bond motifs is 1. The van der Waals surface area contributed by atoms with Crippen LogP contribution in [-0.2, 0) is 16.1 Å². The number of rotatable bonds is 5. The summed E-state index contributed by atoms with van der Waals surface area (Å²) >= 11 is 5.93. The third kappa shape index (κ3) is 3.20. The van der Waals surface area contributed by atoms with Gasteiger partial charge in [0.2, 0.25) is 18.6 Å². The number of nitrogens with one attached hydrogen (secondary N) is 2. The van der Waals surface area contributed by atoms with E-state index in [1.54, 1.807) is 24.3 Å². The van der Waals surface area contributed by atoms with Gasteiger partial charge in [-0.2, -0.15) is 0 Å². The van der Waals surface area contributed by atoms with Gasteiger partial charge in [0, 0.05) is 17.3 Å². The highest BCUT2D eigenvalue weighted by Crippen LogP contribution is 2.47. The second-order valence-corrected chi connectivity index (χ2v) is 6.85. The van der Waals surface area contributed by atoms with Crippen molar-refractivity contribution in [2.24, 2.45) is 5.41 Å². The third-order valence-corrected chi connectivity index (χ3v) is 4.83. The number of carbonyl (C=O) groups excluding carboxylic acids is 2. The Hall–Kier alpha value is -2.73. The van der Waals surface area contributed by atoms with Gasteiger partial charge in [-0.15, -0.1) is 0 Å². The van der Waals surface area contributed by atoms with Crippen molar-refractivity contribution in [3.8, 4) is 11.5 Å². The zero-order valence-corrected chi connectivity index (χ0v) is 14.6. The molecule has 2 N–H and O–H groups in total. The average molecular weight is 373 g/mol. The maximum Gasteiger partial charge on any atom is 0.240 e. The number of hydrogen-bond acceptors (Lipinski definition) is 4. The molecule has 134 valence electrons. The summed E-state index contributed by atoms with van der Waals surface area (Å²) in [5.74, 6) is 0.786. The molecule has 0 aromatic heterocycles. The molecule has 6 nitrogen and oxygen atoms in total. The van der Waals surface area contributed by atoms with Crippen LogP contribution in [0.15, 0.2) is 42.5 Å². The van der Waals surface area contributed by atoms with Gasteiger partial charge in [0.15, 0.2) is 11.5 Å². The largest absolute Gasteiger partial charge is 0.454 e. The quantitative estimate of drug-likeness (QED) is 0.791. The van der Waals surface area contributed by atoms with Gasteiger partial charge in [-0.1, -0.05) is 23.7 Å². The second-order valence-electron chi connectivity index (χ2n) is 6.42. The van der Waals surface area contributed by atoms with Crippen LogP contribution in [0.25, 0.3) is 0 Å². The lowest BCUT2D eigenvalue weighted by Gasteiger charge is -2.15. The lowest BCUT2D eigenvalue weighted by molar-refractivity contribution is -0.134. The number of hydrogen-bond donors (Lipinski definition) is 2. The minimum absolute atomic E-state index is 0.206. The predicted molar refractivity (Wildman–Crippen MR) is 96.2 cm³/mol. The minimum Gasteiger partial charge on any atom is -0.454 e. The van der Waals surface area contributed by atoms with Gasteiger partial charge in [0.1, 0.15) is 5.41 Å². The van der Waals surface area contributed by atoms with E-state index >= 15 is 0 Å². The molecule has 1 fully saturated rings. The van der Waals surface area contributed by atoms with Gasteiger partial charge in [-0.3, -0.25) is 9.59 Å². The van der Waals surface area contributed by atoms with Crippen molar-refractivity contribution in [2.45, 2.75) is 19.4 Å². The zero-order valence-electron chi connectivity index (χ0n) is 13.9. The summed E-state index contributed by atoms with van der Waals surface area (Å²) in [7, 11) is 0. The fourth-order valence-electron chi connectivity index (χ4n) is 2.90. The smallest absolute Gasteiger partial charge is 0.240 e. The Bertz CT molecular complexity index is 880. The van der Waals surface area contributed by atoms with Crippen molar-refractivity contribution < 1.29 is 19.1 Å². The first-order chi connectivity index (χ1) is 12.6. The van der Waals surface area contributed by atoms with E-state index in [9.17, 15) is 9.59 Å². The summed E-state index contributed by atoms with van der Waals surface area (Å²) in [6.07, 6.45) is 1.07. The monoisotopic (exact) mass is 372 g/mol. The molecule has 2 aliphatic rings. The molecule has 1 heterocycles. The average Bonchev–Trinajstić information content (AvgIpc) is 3.31. The molecule has 26 heavy (non-hydrogen) atoms.